The van der Waals surface area contributed by atoms with Crippen molar-refractivity contribution < 1.29 is 0 Å². The minimum atomic E-state index is 0. The number of rotatable bonds is 0. The van der Waals surface area contributed by atoms with Gasteiger partial charge < -0.3 is 5.32 Å². The fourth-order valence-electron chi connectivity index (χ4n) is 1.48. The second-order valence-corrected chi connectivity index (χ2v) is 4.00. The molecule has 1 N–H and O–H groups in total. The number of dihydropyridines is 1. The molecule has 1 saturated heterocycles. The molecule has 0 aromatic carbocycles. The van der Waals surface area contributed by atoms with Gasteiger partial charge in [0.25, 0.3) is 0 Å². The van der Waals surface area contributed by atoms with Gasteiger partial charge in [-0.25, -0.2) is 0 Å². The molecular weight excluding hydrogens is 196 g/mol. The average molecular weight is 224 g/mol. The number of hydrogen-bond donors (Lipinski definition) is 1. The molecule has 2 unspecified atom stereocenters. The summed E-state index contributed by atoms with van der Waals surface area (Å²) in [6, 6.07) is 1.19. The van der Waals surface area contributed by atoms with Crippen molar-refractivity contribution in [3.05, 3.63) is 24.4 Å². The summed E-state index contributed by atoms with van der Waals surface area (Å²) in [6.45, 7) is 8.08. The van der Waals surface area contributed by atoms with Gasteiger partial charge in [0.2, 0.25) is 0 Å². The zero-order valence-corrected chi connectivity index (χ0v) is 9.16. The Morgan fingerprint density at radius 3 is 2.25 bits per heavy atom. The highest BCUT2D eigenvalue weighted by molar-refractivity contribution is 5.72. The predicted molar refractivity (Wildman–Crippen MR) is 76.1 cm³/mol. The molecule has 2 nitrogen and oxygen atoms in total. The minimum absolute atomic E-state index is 0. The van der Waals surface area contributed by atoms with Crippen LogP contribution in [0.25, 0.3) is 0 Å². The van der Waals surface area contributed by atoms with Crippen molar-refractivity contribution in [3.63, 3.8) is 0 Å². The maximum absolute atomic E-state index is 4.12. The topological polar surface area (TPSA) is 24.4 Å². The summed E-state index contributed by atoms with van der Waals surface area (Å²) in [7, 11) is 0. The van der Waals surface area contributed by atoms with E-state index in [9.17, 15) is 0 Å². The van der Waals surface area contributed by atoms with Crippen molar-refractivity contribution >= 4 is 6.21 Å². The van der Waals surface area contributed by atoms with Gasteiger partial charge in [0, 0.05) is 18.0 Å². The first kappa shape index (κ1) is 17.3. The van der Waals surface area contributed by atoms with Gasteiger partial charge in [0.05, 0.1) is 6.04 Å². The quantitative estimate of drug-likeness (QED) is 0.662. The lowest BCUT2D eigenvalue weighted by Gasteiger charge is -2.02. The van der Waals surface area contributed by atoms with Crippen molar-refractivity contribution in [2.75, 3.05) is 0 Å². The van der Waals surface area contributed by atoms with E-state index in [-0.39, 0.29) is 14.9 Å². The maximum atomic E-state index is 4.12. The van der Waals surface area contributed by atoms with Crippen LogP contribution < -0.4 is 5.32 Å². The molecule has 0 aromatic heterocycles. The van der Waals surface area contributed by atoms with Crippen LogP contribution in [0.15, 0.2) is 29.4 Å². The number of nitrogens with one attached hydrogen (secondary N) is 1. The first-order valence-corrected chi connectivity index (χ1v) is 5.31. The Morgan fingerprint density at radius 1 is 1.38 bits per heavy atom. The zero-order valence-electron chi connectivity index (χ0n) is 9.16. The number of aliphatic imine (C=N–C) groups is 1. The third-order valence-corrected chi connectivity index (χ3v) is 2.37. The molecule has 2 atom stereocenters. The van der Waals surface area contributed by atoms with Crippen LogP contribution in [0.3, 0.4) is 0 Å². The van der Waals surface area contributed by atoms with Crippen LogP contribution >= 0.6 is 0 Å². The molecule has 94 valence electrons. The molecule has 0 aliphatic carbocycles. The van der Waals surface area contributed by atoms with Crippen LogP contribution in [-0.2, 0) is 0 Å². The number of allylic oxidation sites excluding steroid dienone is 2. The highest BCUT2D eigenvalue weighted by Crippen LogP contribution is 2.11. The Hall–Kier alpha value is -1.05. The third kappa shape index (κ3) is 7.27. The molecule has 2 aliphatic heterocycles. The summed E-state index contributed by atoms with van der Waals surface area (Å²) in [5.74, 6) is 0. The van der Waals surface area contributed by atoms with E-state index in [4.69, 9.17) is 0 Å². The van der Waals surface area contributed by atoms with Crippen molar-refractivity contribution in [2.45, 2.75) is 60.0 Å². The summed E-state index contributed by atoms with van der Waals surface area (Å²) < 4.78 is 0. The molecule has 0 spiro atoms. The lowest BCUT2D eigenvalue weighted by Crippen LogP contribution is -2.14. The van der Waals surface area contributed by atoms with Crippen molar-refractivity contribution in [2.24, 2.45) is 4.99 Å². The van der Waals surface area contributed by atoms with Gasteiger partial charge in [-0.1, -0.05) is 27.5 Å². The Morgan fingerprint density at radius 2 is 2.06 bits per heavy atom. The summed E-state index contributed by atoms with van der Waals surface area (Å²) in [5.41, 5.74) is 1.20. The lowest BCUT2D eigenvalue weighted by molar-refractivity contribution is 0.681. The van der Waals surface area contributed by atoms with E-state index in [1.54, 1.807) is 0 Å². The van der Waals surface area contributed by atoms with E-state index in [1.165, 1.54) is 18.5 Å². The third-order valence-electron chi connectivity index (χ3n) is 2.37. The smallest absolute Gasteiger partial charge is 0.0505 e. The summed E-state index contributed by atoms with van der Waals surface area (Å²) >= 11 is 0. The van der Waals surface area contributed by atoms with Crippen molar-refractivity contribution in [1.29, 1.82) is 0 Å². The zero-order chi connectivity index (χ0) is 10.4. The number of hydrogen-bond acceptors (Lipinski definition) is 2. The van der Waals surface area contributed by atoms with E-state index < -0.39 is 0 Å². The van der Waals surface area contributed by atoms with E-state index in [2.05, 4.69) is 36.8 Å². The highest BCUT2D eigenvalue weighted by atomic mass is 14.9. The molecule has 2 heteroatoms. The lowest BCUT2D eigenvalue weighted by atomic mass is 10.2. The van der Waals surface area contributed by atoms with Crippen molar-refractivity contribution in [1.82, 2.24) is 5.32 Å². The molecule has 0 saturated carbocycles. The molecule has 1 fully saturated rings. The molecule has 0 amide bonds. The average Bonchev–Trinajstić information content (AvgIpc) is 2.52. The second kappa shape index (κ2) is 9.20. The fraction of sp³-hybridized carbons (Fsp3) is 0.643. The molecular formula is C14H28N2. The van der Waals surface area contributed by atoms with E-state index in [1.807, 2.05) is 12.3 Å². The Balaban J connectivity index is 0. The largest absolute Gasteiger partial charge is 0.386 e. The Bertz CT molecular complexity index is 241. The maximum Gasteiger partial charge on any atom is 0.0505 e. The SMILES string of the molecule is C.C.C=C1CCC(C)N1.CC1CC=CC=N1. The molecule has 2 aliphatic rings. The van der Waals surface area contributed by atoms with Gasteiger partial charge >= 0.3 is 0 Å². The van der Waals surface area contributed by atoms with Gasteiger partial charge in [-0.2, -0.15) is 0 Å². The van der Waals surface area contributed by atoms with Gasteiger partial charge in [-0.05, 0) is 39.2 Å². The second-order valence-electron chi connectivity index (χ2n) is 4.00. The van der Waals surface area contributed by atoms with Crippen LogP contribution in [0.2, 0.25) is 0 Å². The van der Waals surface area contributed by atoms with Crippen LogP contribution in [0, 0.1) is 0 Å². The Kier molecular flexibility index (Phi) is 9.97. The molecule has 2 heterocycles. The summed E-state index contributed by atoms with van der Waals surface area (Å²) in [6.07, 6.45) is 9.52. The van der Waals surface area contributed by atoms with Crippen LogP contribution in [0.1, 0.15) is 48.0 Å². The summed E-state index contributed by atoms with van der Waals surface area (Å²) in [4.78, 5) is 4.12. The first-order valence-electron chi connectivity index (χ1n) is 5.31. The van der Waals surface area contributed by atoms with E-state index >= 15 is 0 Å². The summed E-state index contributed by atoms with van der Waals surface area (Å²) in [5, 5.41) is 3.22. The normalized spacial score (nSPS) is 25.8. The van der Waals surface area contributed by atoms with Gasteiger partial charge in [-0.3, -0.25) is 4.99 Å². The minimum Gasteiger partial charge on any atom is -0.386 e. The van der Waals surface area contributed by atoms with Crippen LogP contribution in [-0.4, -0.2) is 18.3 Å². The standard InChI is InChI=1S/C6H11N.C6H9N.2CH4/c1-5-3-4-6(2)7-5;1-6-4-2-3-5-7-6;;/h6-7H,1,3-4H2,2H3;2-3,5-6H,4H2,1H3;2*1H4. The molecule has 0 bridgehead atoms. The Labute approximate surface area is 102 Å². The fourth-order valence-corrected chi connectivity index (χ4v) is 1.48. The molecule has 16 heavy (non-hydrogen) atoms. The van der Waals surface area contributed by atoms with Crippen LogP contribution in [0.4, 0.5) is 0 Å². The molecule has 2 rings (SSSR count). The van der Waals surface area contributed by atoms with Gasteiger partial charge in [-0.15, -0.1) is 0 Å². The monoisotopic (exact) mass is 224 g/mol. The van der Waals surface area contributed by atoms with E-state index in [0.717, 1.165) is 6.42 Å². The van der Waals surface area contributed by atoms with Gasteiger partial charge in [0.15, 0.2) is 0 Å². The van der Waals surface area contributed by atoms with Gasteiger partial charge in [0.1, 0.15) is 0 Å². The molecule has 0 aromatic rings. The van der Waals surface area contributed by atoms with E-state index in [0.29, 0.717) is 12.1 Å². The number of nitrogens with zero attached hydrogens (tertiary/aromatic N) is 1. The van der Waals surface area contributed by atoms with Crippen LogP contribution in [0.5, 0.6) is 0 Å². The highest BCUT2D eigenvalue weighted by Gasteiger charge is 2.09. The predicted octanol–water partition coefficient (Wildman–Crippen LogP) is 3.95. The first-order chi connectivity index (χ1) is 6.68. The molecule has 0 radical (unpaired) electrons. The van der Waals surface area contributed by atoms with Crippen molar-refractivity contribution in [3.8, 4) is 0 Å².